The van der Waals surface area contributed by atoms with E-state index in [2.05, 4.69) is 5.32 Å². The zero-order chi connectivity index (χ0) is 7.78. The van der Waals surface area contributed by atoms with Crippen LogP contribution < -0.4 is 5.32 Å². The average Bonchev–Trinajstić information content (AvgIpc) is 2.11. The van der Waals surface area contributed by atoms with E-state index < -0.39 is 21.3 Å². The summed E-state index contributed by atoms with van der Waals surface area (Å²) in [5, 5.41) is 0.977. The van der Waals surface area contributed by atoms with Crippen molar-refractivity contribution in [1.82, 2.24) is 5.32 Å². The summed E-state index contributed by atoms with van der Waals surface area (Å²) in [5.74, 6) is -0.470. The van der Waals surface area contributed by atoms with Crippen molar-refractivity contribution in [2.45, 2.75) is 11.8 Å². The number of hydrogen-bond acceptors (Lipinski definition) is 4. The number of ketones is 1. The van der Waals surface area contributed by atoms with Crippen LogP contribution >= 0.6 is 0 Å². The highest BCUT2D eigenvalue weighted by Gasteiger charge is 2.34. The van der Waals surface area contributed by atoms with E-state index in [1.807, 2.05) is 0 Å². The Labute approximate surface area is 58.2 Å². The predicted molar refractivity (Wildman–Crippen MR) is 33.0 cm³/mol. The van der Waals surface area contributed by atoms with E-state index in [1.165, 1.54) is 0 Å². The van der Waals surface area contributed by atoms with Crippen LogP contribution in [-0.2, 0) is 14.9 Å². The number of hydrogen-bond donors (Lipinski definition) is 2. The highest BCUT2D eigenvalue weighted by atomic mass is 32.2. The topological polar surface area (TPSA) is 83.5 Å². The van der Waals surface area contributed by atoms with Gasteiger partial charge in [0, 0.05) is 13.0 Å². The zero-order valence-electron chi connectivity index (χ0n) is 5.07. The summed E-state index contributed by atoms with van der Waals surface area (Å²) in [6.07, 6.45) is 0.171. The molecule has 0 spiro atoms. The van der Waals surface area contributed by atoms with E-state index in [1.54, 1.807) is 0 Å². The third-order valence-electron chi connectivity index (χ3n) is 1.29. The first kappa shape index (κ1) is 7.64. The van der Waals surface area contributed by atoms with Crippen LogP contribution in [0.4, 0.5) is 0 Å². The second-order valence-corrected chi connectivity index (χ2v) is 3.57. The first-order valence-electron chi connectivity index (χ1n) is 2.74. The molecule has 0 amide bonds. The van der Waals surface area contributed by atoms with Crippen LogP contribution in [0.3, 0.4) is 0 Å². The molecule has 10 heavy (non-hydrogen) atoms. The first-order chi connectivity index (χ1) is 4.52. The highest BCUT2D eigenvalue weighted by molar-refractivity contribution is 7.87. The van der Waals surface area contributed by atoms with Gasteiger partial charge in [-0.25, -0.2) is 0 Å². The minimum atomic E-state index is -4.21. The molecule has 0 bridgehead atoms. The van der Waals surface area contributed by atoms with E-state index in [0.717, 1.165) is 0 Å². The van der Waals surface area contributed by atoms with E-state index in [-0.39, 0.29) is 6.42 Å². The highest BCUT2D eigenvalue weighted by Crippen LogP contribution is 2.05. The molecule has 1 heterocycles. The van der Waals surface area contributed by atoms with Crippen molar-refractivity contribution in [1.29, 1.82) is 0 Å². The van der Waals surface area contributed by atoms with Crippen LogP contribution in [-0.4, -0.2) is 30.7 Å². The lowest BCUT2D eigenvalue weighted by Crippen LogP contribution is -2.35. The SMILES string of the molecule is O=C1CCNC1S(=O)(=O)O. The van der Waals surface area contributed by atoms with Gasteiger partial charge in [0.15, 0.2) is 11.2 Å². The van der Waals surface area contributed by atoms with Crippen molar-refractivity contribution in [2.75, 3.05) is 6.54 Å². The number of Topliss-reactive ketones (excluding diaryl/α,β-unsaturated/α-hetero) is 1. The van der Waals surface area contributed by atoms with E-state index in [0.29, 0.717) is 6.54 Å². The largest absolute Gasteiger partial charge is 0.297 e. The maximum atomic E-state index is 10.6. The molecule has 0 radical (unpaired) electrons. The van der Waals surface area contributed by atoms with Gasteiger partial charge in [-0.15, -0.1) is 0 Å². The Hall–Kier alpha value is -0.460. The first-order valence-corrected chi connectivity index (χ1v) is 4.24. The van der Waals surface area contributed by atoms with Crippen LogP contribution in [0.2, 0.25) is 0 Å². The second kappa shape index (κ2) is 2.30. The summed E-state index contributed by atoms with van der Waals surface area (Å²) in [7, 11) is -4.21. The standard InChI is InChI=1S/C4H7NO4S/c6-3-1-2-5-4(3)10(7,8)9/h4-5H,1-2H2,(H,7,8,9). The van der Waals surface area contributed by atoms with Crippen molar-refractivity contribution >= 4 is 15.9 Å². The Morgan fingerprint density at radius 3 is 2.40 bits per heavy atom. The van der Waals surface area contributed by atoms with Crippen LogP contribution in [0, 0.1) is 0 Å². The monoisotopic (exact) mass is 165 g/mol. The number of rotatable bonds is 1. The molecule has 0 aromatic rings. The molecule has 1 aliphatic heterocycles. The molecule has 0 saturated carbocycles. The van der Waals surface area contributed by atoms with Gasteiger partial charge in [0.25, 0.3) is 10.1 Å². The zero-order valence-corrected chi connectivity index (χ0v) is 5.89. The van der Waals surface area contributed by atoms with Crippen molar-refractivity contribution in [3.8, 4) is 0 Å². The third kappa shape index (κ3) is 1.34. The van der Waals surface area contributed by atoms with Gasteiger partial charge in [-0.1, -0.05) is 0 Å². The van der Waals surface area contributed by atoms with Gasteiger partial charge >= 0.3 is 0 Å². The van der Waals surface area contributed by atoms with Gasteiger partial charge in [0.2, 0.25) is 0 Å². The molecule has 1 saturated heterocycles. The summed E-state index contributed by atoms with van der Waals surface area (Å²) in [5.41, 5.74) is 0. The summed E-state index contributed by atoms with van der Waals surface area (Å²) >= 11 is 0. The van der Waals surface area contributed by atoms with E-state index >= 15 is 0 Å². The molecule has 6 heteroatoms. The predicted octanol–water partition coefficient (Wildman–Crippen LogP) is -1.24. The molecule has 0 aliphatic carbocycles. The lowest BCUT2D eigenvalue weighted by molar-refractivity contribution is -0.117. The number of carbonyl (C=O) groups is 1. The Morgan fingerprint density at radius 2 is 2.20 bits per heavy atom. The fourth-order valence-electron chi connectivity index (χ4n) is 0.843. The molecular weight excluding hydrogens is 158 g/mol. The van der Waals surface area contributed by atoms with Gasteiger partial charge in [-0.2, -0.15) is 8.42 Å². The van der Waals surface area contributed by atoms with Gasteiger partial charge < -0.3 is 0 Å². The summed E-state index contributed by atoms with van der Waals surface area (Å²) < 4.78 is 29.0. The third-order valence-corrected chi connectivity index (χ3v) is 2.32. The normalized spacial score (nSPS) is 27.3. The Balaban J connectivity index is 2.84. The van der Waals surface area contributed by atoms with E-state index in [9.17, 15) is 13.2 Å². The van der Waals surface area contributed by atoms with Crippen LogP contribution in [0.1, 0.15) is 6.42 Å². The van der Waals surface area contributed by atoms with E-state index in [4.69, 9.17) is 4.55 Å². The summed E-state index contributed by atoms with van der Waals surface area (Å²) in [6.45, 7) is 0.323. The lowest BCUT2D eigenvalue weighted by atomic mass is 10.4. The molecular formula is C4H7NO4S. The van der Waals surface area contributed by atoms with Crippen LogP contribution in [0.5, 0.6) is 0 Å². The molecule has 2 N–H and O–H groups in total. The van der Waals surface area contributed by atoms with Gasteiger partial charge in [0.1, 0.15) is 0 Å². The maximum Gasteiger partial charge on any atom is 0.288 e. The fraction of sp³-hybridized carbons (Fsp3) is 0.750. The molecule has 58 valence electrons. The van der Waals surface area contributed by atoms with Gasteiger partial charge in [-0.3, -0.25) is 14.7 Å². The minimum absolute atomic E-state index is 0.171. The molecule has 0 aromatic carbocycles. The molecule has 1 atom stereocenters. The summed E-state index contributed by atoms with van der Waals surface area (Å²) in [6, 6.07) is 0. The molecule has 1 fully saturated rings. The number of nitrogens with one attached hydrogen (secondary N) is 1. The maximum absolute atomic E-state index is 10.6. The molecule has 1 rings (SSSR count). The van der Waals surface area contributed by atoms with Crippen LogP contribution in [0.25, 0.3) is 0 Å². The molecule has 1 unspecified atom stereocenters. The van der Waals surface area contributed by atoms with Crippen molar-refractivity contribution in [3.05, 3.63) is 0 Å². The average molecular weight is 165 g/mol. The van der Waals surface area contributed by atoms with Crippen molar-refractivity contribution in [2.24, 2.45) is 0 Å². The Bertz CT molecular complexity index is 244. The smallest absolute Gasteiger partial charge is 0.288 e. The molecule has 0 aromatic heterocycles. The lowest BCUT2D eigenvalue weighted by Gasteiger charge is -2.01. The van der Waals surface area contributed by atoms with Gasteiger partial charge in [0.05, 0.1) is 0 Å². The van der Waals surface area contributed by atoms with Gasteiger partial charge in [-0.05, 0) is 0 Å². The quantitative estimate of drug-likeness (QED) is 0.475. The van der Waals surface area contributed by atoms with Crippen molar-refractivity contribution < 1.29 is 17.8 Å². The van der Waals surface area contributed by atoms with Crippen molar-refractivity contribution in [3.63, 3.8) is 0 Å². The molecule has 5 nitrogen and oxygen atoms in total. The summed E-state index contributed by atoms with van der Waals surface area (Å²) in [4.78, 5) is 10.6. The Kier molecular flexibility index (Phi) is 1.76. The Morgan fingerprint density at radius 1 is 1.60 bits per heavy atom. The number of carbonyl (C=O) groups excluding carboxylic acids is 1. The minimum Gasteiger partial charge on any atom is -0.297 e. The second-order valence-electron chi connectivity index (χ2n) is 2.07. The fourth-order valence-corrected chi connectivity index (χ4v) is 1.62. The molecule has 1 aliphatic rings. The van der Waals surface area contributed by atoms with Crippen LogP contribution in [0.15, 0.2) is 0 Å².